The molecule has 2 aromatic carbocycles. The molecule has 3 rings (SSSR count). The highest BCUT2D eigenvalue weighted by molar-refractivity contribution is 7.92. The molecule has 1 amide bonds. The fourth-order valence-corrected chi connectivity index (χ4v) is 4.71. The van der Waals surface area contributed by atoms with E-state index in [-0.39, 0.29) is 12.5 Å². The molecule has 1 heterocycles. The summed E-state index contributed by atoms with van der Waals surface area (Å²) in [4.78, 5) is 16.8. The van der Waals surface area contributed by atoms with Crippen molar-refractivity contribution in [2.24, 2.45) is 0 Å². The molecule has 0 aliphatic rings. The molecule has 164 valence electrons. The maximum Gasteiger partial charge on any atom is 0.241 e. The van der Waals surface area contributed by atoms with Gasteiger partial charge in [-0.2, -0.15) is 0 Å². The topological polar surface area (TPSA) is 84.3 Å². The Labute approximate surface area is 183 Å². The van der Waals surface area contributed by atoms with Gasteiger partial charge in [0.25, 0.3) is 0 Å². The largest absolute Gasteiger partial charge is 0.350 e. The fraction of sp³-hybridized carbons (Fsp3) is 0.304. The number of sulfonamides is 1. The van der Waals surface area contributed by atoms with E-state index < -0.39 is 10.0 Å². The summed E-state index contributed by atoms with van der Waals surface area (Å²) in [6, 6.07) is 11.6. The molecule has 0 bridgehead atoms. The summed E-state index contributed by atoms with van der Waals surface area (Å²) in [5, 5.41) is 2.82. The van der Waals surface area contributed by atoms with Crippen molar-refractivity contribution in [2.75, 3.05) is 17.1 Å². The molecule has 0 radical (unpaired) electrons. The van der Waals surface area contributed by atoms with Gasteiger partial charge in [0.15, 0.2) is 0 Å². The molecular formula is C23H28N4O3S. The summed E-state index contributed by atoms with van der Waals surface area (Å²) in [6.07, 6.45) is 4.76. The summed E-state index contributed by atoms with van der Waals surface area (Å²) in [7, 11) is -3.62. The molecule has 7 nitrogen and oxygen atoms in total. The molecule has 0 unspecified atom stereocenters. The van der Waals surface area contributed by atoms with E-state index in [9.17, 15) is 13.2 Å². The highest BCUT2D eigenvalue weighted by Gasteiger charge is 2.24. The zero-order chi connectivity index (χ0) is 22.8. The van der Waals surface area contributed by atoms with Crippen LogP contribution in [0.25, 0.3) is 5.69 Å². The Morgan fingerprint density at radius 3 is 2.19 bits per heavy atom. The summed E-state index contributed by atoms with van der Waals surface area (Å²) >= 11 is 0. The van der Waals surface area contributed by atoms with Gasteiger partial charge in [-0.05, 0) is 56.5 Å². The van der Waals surface area contributed by atoms with Crippen LogP contribution < -0.4 is 9.62 Å². The summed E-state index contributed by atoms with van der Waals surface area (Å²) in [5.41, 5.74) is 5.15. The third-order valence-corrected chi connectivity index (χ3v) is 6.21. The lowest BCUT2D eigenvalue weighted by Gasteiger charge is -2.26. The predicted octanol–water partition coefficient (Wildman–Crippen LogP) is 3.19. The molecule has 0 fully saturated rings. The number of amides is 1. The normalized spacial score (nSPS) is 11.4. The van der Waals surface area contributed by atoms with E-state index in [1.807, 2.05) is 74.9 Å². The minimum atomic E-state index is -3.62. The number of carbonyl (C=O) groups is 1. The van der Waals surface area contributed by atoms with Crippen molar-refractivity contribution >= 4 is 21.6 Å². The van der Waals surface area contributed by atoms with Gasteiger partial charge in [0, 0.05) is 24.6 Å². The average molecular weight is 441 g/mol. The Morgan fingerprint density at radius 2 is 1.68 bits per heavy atom. The Balaban J connectivity index is 1.70. The standard InChI is InChI=1S/C23H28N4O3S/c1-16-12-17(2)23(18(3)13-16)27(31(5,29)30)15-22(28)25-14-20-6-8-21(9-7-20)26-11-10-24-19(26)4/h6-13H,14-15H2,1-5H3,(H,25,28). The summed E-state index contributed by atoms with van der Waals surface area (Å²) in [5.74, 6) is 0.531. The molecular weight excluding hydrogens is 412 g/mol. The molecule has 0 saturated heterocycles. The van der Waals surface area contributed by atoms with Gasteiger partial charge in [0.2, 0.25) is 15.9 Å². The van der Waals surface area contributed by atoms with Crippen molar-refractivity contribution in [1.29, 1.82) is 0 Å². The quantitative estimate of drug-likeness (QED) is 0.612. The van der Waals surface area contributed by atoms with Gasteiger partial charge < -0.3 is 9.88 Å². The van der Waals surface area contributed by atoms with Gasteiger partial charge in [-0.1, -0.05) is 29.8 Å². The first kappa shape index (κ1) is 22.6. The van der Waals surface area contributed by atoms with Gasteiger partial charge in [-0.3, -0.25) is 9.10 Å². The van der Waals surface area contributed by atoms with Crippen LogP contribution in [0.2, 0.25) is 0 Å². The number of nitrogens with zero attached hydrogens (tertiary/aromatic N) is 3. The number of carbonyl (C=O) groups excluding carboxylic acids is 1. The van der Waals surface area contributed by atoms with Crippen molar-refractivity contribution in [1.82, 2.24) is 14.9 Å². The van der Waals surface area contributed by atoms with Crippen LogP contribution in [-0.2, 0) is 21.4 Å². The number of rotatable bonds is 7. The lowest BCUT2D eigenvalue weighted by molar-refractivity contribution is -0.119. The molecule has 3 aromatic rings. The second-order valence-electron chi connectivity index (χ2n) is 7.80. The van der Waals surface area contributed by atoms with Gasteiger partial charge >= 0.3 is 0 Å². The first-order chi connectivity index (χ1) is 14.6. The fourth-order valence-electron chi connectivity index (χ4n) is 3.74. The first-order valence-corrected chi connectivity index (χ1v) is 11.8. The number of hydrogen-bond acceptors (Lipinski definition) is 4. The van der Waals surface area contributed by atoms with Crippen LogP contribution in [0.4, 0.5) is 5.69 Å². The molecule has 0 atom stereocenters. The Bertz CT molecular complexity index is 1170. The zero-order valence-corrected chi connectivity index (χ0v) is 19.3. The van der Waals surface area contributed by atoms with Gasteiger partial charge in [0.05, 0.1) is 11.9 Å². The molecule has 1 aromatic heterocycles. The van der Waals surface area contributed by atoms with Crippen LogP contribution in [0.1, 0.15) is 28.1 Å². The maximum absolute atomic E-state index is 12.6. The second-order valence-corrected chi connectivity index (χ2v) is 9.71. The third kappa shape index (κ3) is 5.32. The van der Waals surface area contributed by atoms with Crippen LogP contribution >= 0.6 is 0 Å². The molecule has 0 aliphatic heterocycles. The number of imidazole rings is 1. The van der Waals surface area contributed by atoms with E-state index >= 15 is 0 Å². The van der Waals surface area contributed by atoms with Gasteiger partial charge in [0.1, 0.15) is 12.4 Å². The molecule has 0 spiro atoms. The van der Waals surface area contributed by atoms with Crippen molar-refractivity contribution in [2.45, 2.75) is 34.2 Å². The lowest BCUT2D eigenvalue weighted by atomic mass is 10.1. The van der Waals surface area contributed by atoms with Crippen LogP contribution in [0, 0.1) is 27.7 Å². The van der Waals surface area contributed by atoms with Crippen LogP contribution in [-0.4, -0.2) is 36.7 Å². The Kier molecular flexibility index (Phi) is 6.50. The van der Waals surface area contributed by atoms with E-state index in [2.05, 4.69) is 10.3 Å². The number of aryl methyl sites for hydroxylation is 4. The number of benzene rings is 2. The van der Waals surface area contributed by atoms with Crippen molar-refractivity contribution in [3.05, 3.63) is 76.9 Å². The van der Waals surface area contributed by atoms with Gasteiger partial charge in [-0.15, -0.1) is 0 Å². The van der Waals surface area contributed by atoms with E-state index in [4.69, 9.17) is 0 Å². The zero-order valence-electron chi connectivity index (χ0n) is 18.5. The van der Waals surface area contributed by atoms with E-state index in [1.165, 1.54) is 4.31 Å². The van der Waals surface area contributed by atoms with Crippen molar-refractivity contribution in [3.8, 4) is 5.69 Å². The lowest BCUT2D eigenvalue weighted by Crippen LogP contribution is -2.40. The minimum absolute atomic E-state index is 0.268. The SMILES string of the molecule is Cc1cc(C)c(N(CC(=O)NCc2ccc(-n3ccnc3C)cc2)S(C)(=O)=O)c(C)c1. The second kappa shape index (κ2) is 8.93. The molecule has 8 heteroatoms. The highest BCUT2D eigenvalue weighted by Crippen LogP contribution is 2.28. The van der Waals surface area contributed by atoms with Crippen molar-refractivity contribution in [3.63, 3.8) is 0 Å². The van der Waals surface area contributed by atoms with Crippen LogP contribution in [0.5, 0.6) is 0 Å². The van der Waals surface area contributed by atoms with E-state index in [0.717, 1.165) is 40.0 Å². The number of aromatic nitrogens is 2. The van der Waals surface area contributed by atoms with Gasteiger partial charge in [-0.25, -0.2) is 13.4 Å². The third-order valence-electron chi connectivity index (χ3n) is 5.10. The predicted molar refractivity (Wildman–Crippen MR) is 123 cm³/mol. The monoisotopic (exact) mass is 440 g/mol. The average Bonchev–Trinajstić information content (AvgIpc) is 3.10. The van der Waals surface area contributed by atoms with Crippen molar-refractivity contribution < 1.29 is 13.2 Å². The smallest absolute Gasteiger partial charge is 0.241 e. The molecule has 0 aliphatic carbocycles. The Morgan fingerprint density at radius 1 is 1.06 bits per heavy atom. The number of hydrogen-bond donors (Lipinski definition) is 1. The van der Waals surface area contributed by atoms with E-state index in [1.54, 1.807) is 6.20 Å². The summed E-state index contributed by atoms with van der Waals surface area (Å²) < 4.78 is 28.0. The molecule has 1 N–H and O–H groups in total. The molecule has 0 saturated carbocycles. The number of anilines is 1. The number of nitrogens with one attached hydrogen (secondary N) is 1. The Hall–Kier alpha value is -3.13. The van der Waals surface area contributed by atoms with Crippen LogP contribution in [0.3, 0.4) is 0 Å². The molecule has 31 heavy (non-hydrogen) atoms. The summed E-state index contributed by atoms with van der Waals surface area (Å²) in [6.45, 7) is 7.64. The maximum atomic E-state index is 12.6. The van der Waals surface area contributed by atoms with Crippen LogP contribution in [0.15, 0.2) is 48.8 Å². The minimum Gasteiger partial charge on any atom is -0.350 e. The van der Waals surface area contributed by atoms with E-state index in [0.29, 0.717) is 12.2 Å². The highest BCUT2D eigenvalue weighted by atomic mass is 32.2. The first-order valence-electron chi connectivity index (χ1n) is 9.98.